The van der Waals surface area contributed by atoms with Crippen molar-refractivity contribution in [3.63, 3.8) is 0 Å². The number of hydrogen-bond acceptors (Lipinski definition) is 5. The summed E-state index contributed by atoms with van der Waals surface area (Å²) < 4.78 is 0. The molecule has 7 nitrogen and oxygen atoms in total. The summed E-state index contributed by atoms with van der Waals surface area (Å²) in [7, 11) is 2.13. The summed E-state index contributed by atoms with van der Waals surface area (Å²) in [6.07, 6.45) is 0.569. The number of amides is 3. The molecule has 2 fully saturated rings. The Hall–Kier alpha value is -3.19. The third kappa shape index (κ3) is 4.52. The minimum absolute atomic E-state index is 0.137. The number of likely N-dealkylation sites (N-methyl/N-ethyl adjacent to an activating group) is 1. The van der Waals surface area contributed by atoms with E-state index >= 15 is 0 Å². The fraction of sp³-hybridized carbons (Fsp3) is 0.348. The summed E-state index contributed by atoms with van der Waals surface area (Å²) in [5.74, 6) is -0.467. The molecule has 4 rings (SSSR count). The zero-order valence-electron chi connectivity index (χ0n) is 17.1. The largest absolute Gasteiger partial charge is 0.369 e. The lowest BCUT2D eigenvalue weighted by atomic mass is 10.1. The molecule has 2 aliphatic rings. The lowest BCUT2D eigenvalue weighted by Crippen LogP contribution is -2.44. The highest BCUT2D eigenvalue weighted by Crippen LogP contribution is 2.20. The number of rotatable bonds is 5. The number of imide groups is 1. The van der Waals surface area contributed by atoms with Crippen LogP contribution in [0.2, 0.25) is 0 Å². The van der Waals surface area contributed by atoms with Crippen LogP contribution < -0.4 is 10.2 Å². The topological polar surface area (TPSA) is 73.0 Å². The van der Waals surface area contributed by atoms with E-state index < -0.39 is 0 Å². The Balaban J connectivity index is 1.34. The van der Waals surface area contributed by atoms with Crippen LogP contribution in [0.4, 0.5) is 11.4 Å². The first-order chi connectivity index (χ1) is 14.5. The minimum atomic E-state index is -0.192. The third-order valence-electron chi connectivity index (χ3n) is 5.71. The van der Waals surface area contributed by atoms with Gasteiger partial charge in [0.05, 0.1) is 6.54 Å². The van der Waals surface area contributed by atoms with E-state index in [9.17, 15) is 14.4 Å². The van der Waals surface area contributed by atoms with Crippen LogP contribution in [0.15, 0.2) is 48.5 Å². The second-order valence-corrected chi connectivity index (χ2v) is 7.86. The summed E-state index contributed by atoms with van der Waals surface area (Å²) in [6, 6.07) is 14.9. The van der Waals surface area contributed by atoms with Crippen molar-refractivity contribution in [1.29, 1.82) is 0 Å². The van der Waals surface area contributed by atoms with E-state index in [1.54, 1.807) is 24.3 Å². The van der Waals surface area contributed by atoms with Gasteiger partial charge < -0.3 is 15.1 Å². The maximum absolute atomic E-state index is 12.6. The number of carbonyl (C=O) groups excluding carboxylic acids is 3. The highest BCUT2D eigenvalue weighted by atomic mass is 16.2. The first-order valence-corrected chi connectivity index (χ1v) is 10.3. The number of carbonyl (C=O) groups is 3. The standard InChI is InChI=1S/C23H26N4O3/c1-25-12-14-26(15-13-25)20-8-6-19(7-9-20)24-23(30)18-4-2-17(3-5-18)16-27-21(28)10-11-22(27)29/h2-9H,10-16H2,1H3,(H,24,30). The average molecular weight is 406 g/mol. The van der Waals surface area contributed by atoms with Gasteiger partial charge in [0.25, 0.3) is 5.91 Å². The van der Waals surface area contributed by atoms with Gasteiger partial charge in [-0.3, -0.25) is 19.3 Å². The van der Waals surface area contributed by atoms with E-state index in [0.29, 0.717) is 5.56 Å². The molecule has 2 aliphatic heterocycles. The van der Waals surface area contributed by atoms with Gasteiger partial charge in [0.1, 0.15) is 0 Å². The summed E-state index contributed by atoms with van der Waals surface area (Å²) >= 11 is 0. The van der Waals surface area contributed by atoms with E-state index in [1.807, 2.05) is 24.3 Å². The van der Waals surface area contributed by atoms with E-state index in [4.69, 9.17) is 0 Å². The summed E-state index contributed by atoms with van der Waals surface area (Å²) in [6.45, 7) is 4.36. The molecule has 2 aromatic rings. The van der Waals surface area contributed by atoms with Crippen molar-refractivity contribution in [3.8, 4) is 0 Å². The van der Waals surface area contributed by atoms with Crippen molar-refractivity contribution < 1.29 is 14.4 Å². The Morgan fingerprint density at radius 1 is 0.867 bits per heavy atom. The molecular weight excluding hydrogens is 380 g/mol. The molecule has 0 bridgehead atoms. The number of nitrogens with one attached hydrogen (secondary N) is 1. The lowest BCUT2D eigenvalue weighted by molar-refractivity contribution is -0.139. The zero-order chi connectivity index (χ0) is 21.1. The predicted molar refractivity (Wildman–Crippen MR) is 115 cm³/mol. The normalized spacial score (nSPS) is 17.5. The van der Waals surface area contributed by atoms with Crippen LogP contribution in [-0.2, 0) is 16.1 Å². The summed E-state index contributed by atoms with van der Waals surface area (Å²) in [5.41, 5.74) is 3.26. The van der Waals surface area contributed by atoms with Crippen molar-refractivity contribution in [2.24, 2.45) is 0 Å². The molecule has 2 saturated heterocycles. The van der Waals surface area contributed by atoms with E-state index in [-0.39, 0.29) is 37.1 Å². The lowest BCUT2D eigenvalue weighted by Gasteiger charge is -2.34. The molecule has 30 heavy (non-hydrogen) atoms. The SMILES string of the molecule is CN1CCN(c2ccc(NC(=O)c3ccc(CN4C(=O)CCC4=O)cc3)cc2)CC1. The molecule has 0 atom stereocenters. The van der Waals surface area contributed by atoms with Crippen LogP contribution in [0.3, 0.4) is 0 Å². The monoisotopic (exact) mass is 406 g/mol. The fourth-order valence-electron chi connectivity index (χ4n) is 3.77. The smallest absolute Gasteiger partial charge is 0.255 e. The fourth-order valence-corrected chi connectivity index (χ4v) is 3.77. The number of hydrogen-bond donors (Lipinski definition) is 1. The van der Waals surface area contributed by atoms with Gasteiger partial charge in [-0.25, -0.2) is 0 Å². The zero-order valence-corrected chi connectivity index (χ0v) is 17.1. The van der Waals surface area contributed by atoms with Crippen molar-refractivity contribution in [1.82, 2.24) is 9.80 Å². The molecule has 0 radical (unpaired) electrons. The maximum atomic E-state index is 12.6. The van der Waals surface area contributed by atoms with Gasteiger partial charge in [-0.15, -0.1) is 0 Å². The molecule has 0 spiro atoms. The highest BCUT2D eigenvalue weighted by Gasteiger charge is 2.28. The number of anilines is 2. The van der Waals surface area contributed by atoms with Gasteiger partial charge in [-0.2, -0.15) is 0 Å². The first-order valence-electron chi connectivity index (χ1n) is 10.3. The molecule has 1 N–H and O–H groups in total. The minimum Gasteiger partial charge on any atom is -0.369 e. The second kappa shape index (κ2) is 8.67. The molecular formula is C23H26N4O3. The number of nitrogens with zero attached hydrogens (tertiary/aromatic N) is 3. The average Bonchev–Trinajstić information content (AvgIpc) is 3.07. The Morgan fingerprint density at radius 2 is 1.47 bits per heavy atom. The van der Waals surface area contributed by atoms with E-state index in [0.717, 1.165) is 43.1 Å². The quantitative estimate of drug-likeness (QED) is 0.772. The molecule has 0 aromatic heterocycles. The molecule has 0 saturated carbocycles. The van der Waals surface area contributed by atoms with Crippen molar-refractivity contribution in [2.75, 3.05) is 43.4 Å². The highest BCUT2D eigenvalue weighted by molar-refractivity contribution is 6.04. The summed E-state index contributed by atoms with van der Waals surface area (Å²) in [4.78, 5) is 42.0. The Morgan fingerprint density at radius 3 is 2.07 bits per heavy atom. The van der Waals surface area contributed by atoms with Crippen LogP contribution >= 0.6 is 0 Å². The van der Waals surface area contributed by atoms with Crippen LogP contribution in [0.5, 0.6) is 0 Å². The van der Waals surface area contributed by atoms with E-state index in [1.165, 1.54) is 4.90 Å². The molecule has 2 aromatic carbocycles. The van der Waals surface area contributed by atoms with Crippen LogP contribution in [0.1, 0.15) is 28.8 Å². The van der Waals surface area contributed by atoms with Crippen LogP contribution in [0.25, 0.3) is 0 Å². The predicted octanol–water partition coefficient (Wildman–Crippen LogP) is 2.34. The second-order valence-electron chi connectivity index (χ2n) is 7.86. The third-order valence-corrected chi connectivity index (χ3v) is 5.71. The summed E-state index contributed by atoms with van der Waals surface area (Å²) in [5, 5.41) is 2.92. The molecule has 0 aliphatic carbocycles. The van der Waals surface area contributed by atoms with Gasteiger partial charge in [-0.1, -0.05) is 12.1 Å². The Bertz CT molecular complexity index is 916. The van der Waals surface area contributed by atoms with Gasteiger partial charge in [0.2, 0.25) is 11.8 Å². The van der Waals surface area contributed by atoms with Crippen molar-refractivity contribution in [3.05, 3.63) is 59.7 Å². The molecule has 0 unspecified atom stereocenters. The van der Waals surface area contributed by atoms with Crippen molar-refractivity contribution >= 4 is 29.1 Å². The molecule has 156 valence electrons. The van der Waals surface area contributed by atoms with Gasteiger partial charge in [-0.05, 0) is 49.0 Å². The first kappa shape index (κ1) is 20.1. The Labute approximate surface area is 176 Å². The van der Waals surface area contributed by atoms with Crippen LogP contribution in [0, 0.1) is 0 Å². The maximum Gasteiger partial charge on any atom is 0.255 e. The number of benzene rings is 2. The number of likely N-dealkylation sites (tertiary alicyclic amines) is 1. The molecule has 2 heterocycles. The van der Waals surface area contributed by atoms with Crippen LogP contribution in [-0.4, -0.2) is 60.7 Å². The van der Waals surface area contributed by atoms with E-state index in [2.05, 4.69) is 22.2 Å². The van der Waals surface area contributed by atoms with Gasteiger partial charge in [0, 0.05) is 56.0 Å². The molecule has 3 amide bonds. The van der Waals surface area contributed by atoms with Gasteiger partial charge in [0.15, 0.2) is 0 Å². The number of piperazine rings is 1. The van der Waals surface area contributed by atoms with Crippen molar-refractivity contribution in [2.45, 2.75) is 19.4 Å². The Kier molecular flexibility index (Phi) is 5.81. The molecule has 7 heteroatoms. The van der Waals surface area contributed by atoms with Gasteiger partial charge >= 0.3 is 0 Å².